The van der Waals surface area contributed by atoms with Crippen molar-refractivity contribution in [3.8, 4) is 17.2 Å². The molecule has 9 heteroatoms. The third kappa shape index (κ3) is 5.68. The monoisotopic (exact) mass is 612 g/mol. The lowest BCUT2D eigenvalue weighted by atomic mass is 9.85. The third-order valence-corrected chi connectivity index (χ3v) is 10.1. The number of aromatic nitrogens is 1. The molecule has 3 heterocycles. The molecule has 1 aromatic heterocycles. The van der Waals surface area contributed by atoms with Crippen molar-refractivity contribution in [3.63, 3.8) is 0 Å². The Labute approximate surface area is 262 Å². The van der Waals surface area contributed by atoms with Crippen LogP contribution >= 0.6 is 0 Å². The van der Waals surface area contributed by atoms with Crippen molar-refractivity contribution in [1.29, 1.82) is 0 Å². The van der Waals surface area contributed by atoms with Crippen LogP contribution in [0.2, 0.25) is 0 Å². The highest BCUT2D eigenvalue weighted by atomic mass is 19.1. The molecule has 1 saturated heterocycles. The van der Waals surface area contributed by atoms with Crippen LogP contribution < -0.4 is 20.8 Å². The zero-order valence-corrected chi connectivity index (χ0v) is 25.8. The van der Waals surface area contributed by atoms with Crippen LogP contribution in [0.3, 0.4) is 0 Å². The lowest BCUT2D eigenvalue weighted by Crippen LogP contribution is -2.34. The number of nitrogens with one attached hydrogen (secondary N) is 2. The van der Waals surface area contributed by atoms with Crippen LogP contribution in [0.1, 0.15) is 68.1 Å². The third-order valence-electron chi connectivity index (χ3n) is 10.1. The second-order valence-corrected chi connectivity index (χ2v) is 13.1. The van der Waals surface area contributed by atoms with E-state index >= 15 is 4.39 Å². The van der Waals surface area contributed by atoms with Crippen LogP contribution in [-0.4, -0.2) is 59.3 Å². The number of aliphatic hydroxyl groups is 1. The first-order valence-corrected chi connectivity index (χ1v) is 16.4. The molecule has 2 atom stereocenters. The number of fused-ring (bicyclic) bond motifs is 3. The summed E-state index contributed by atoms with van der Waals surface area (Å²) < 4.78 is 24.3. The summed E-state index contributed by atoms with van der Waals surface area (Å²) in [5.41, 5.74) is 0.579. The Bertz CT molecular complexity index is 1820. The minimum atomic E-state index is -0.658. The SMILES string of the molecule is CN1CCCC1CCNC(=O)c1cn2c3c(c(NC(CO)CC4CCCCC4)c(F)cc3c1=O)Oc1cc3ccccc3cc1-2. The van der Waals surface area contributed by atoms with Gasteiger partial charge >= 0.3 is 0 Å². The molecule has 1 aliphatic carbocycles. The average Bonchev–Trinajstić information content (AvgIpc) is 3.46. The highest BCUT2D eigenvalue weighted by Gasteiger charge is 2.30. The van der Waals surface area contributed by atoms with E-state index in [-0.39, 0.29) is 35.0 Å². The summed E-state index contributed by atoms with van der Waals surface area (Å²) in [5.74, 6) is 0.00231. The smallest absolute Gasteiger partial charge is 0.256 e. The predicted octanol–water partition coefficient (Wildman–Crippen LogP) is 6.35. The minimum Gasteiger partial charge on any atom is -0.451 e. The van der Waals surface area contributed by atoms with E-state index < -0.39 is 17.2 Å². The number of hydrogen-bond donors (Lipinski definition) is 3. The summed E-state index contributed by atoms with van der Waals surface area (Å²) in [5, 5.41) is 18.5. The lowest BCUT2D eigenvalue weighted by molar-refractivity contribution is 0.0949. The van der Waals surface area contributed by atoms with Gasteiger partial charge in [-0.1, -0.05) is 56.4 Å². The Kier molecular flexibility index (Phi) is 8.23. The van der Waals surface area contributed by atoms with E-state index in [0.717, 1.165) is 55.8 Å². The largest absolute Gasteiger partial charge is 0.451 e. The second kappa shape index (κ2) is 12.4. The van der Waals surface area contributed by atoms with Gasteiger partial charge in [0, 0.05) is 24.8 Å². The van der Waals surface area contributed by atoms with Crippen LogP contribution in [0.15, 0.2) is 53.5 Å². The van der Waals surface area contributed by atoms with E-state index in [4.69, 9.17) is 4.74 Å². The number of amides is 1. The van der Waals surface area contributed by atoms with Gasteiger partial charge in [-0.3, -0.25) is 9.59 Å². The standard InChI is InChI=1S/C36H41FN4O4/c1-40-15-7-12-26(40)13-14-38-36(44)28-20-41-30-17-23-10-5-6-11-24(23)18-31(30)45-35-32(29(37)19-27(33(35)41)34(28)43)39-25(21-42)16-22-8-3-2-4-9-22/h5-6,10-11,17-20,22,25-26,39,42H,2-4,7-9,12-16,21H2,1H3,(H,38,44). The molecule has 45 heavy (non-hydrogen) atoms. The maximum Gasteiger partial charge on any atom is 0.256 e. The molecule has 1 amide bonds. The number of likely N-dealkylation sites (tertiary alicyclic amines) is 1. The van der Waals surface area contributed by atoms with Crippen LogP contribution in [0.5, 0.6) is 11.5 Å². The molecule has 3 aromatic carbocycles. The number of halogens is 1. The Morgan fingerprint density at radius 1 is 1.09 bits per heavy atom. The molecule has 7 rings (SSSR count). The molecule has 4 aromatic rings. The van der Waals surface area contributed by atoms with Crippen molar-refractivity contribution < 1.29 is 19.0 Å². The van der Waals surface area contributed by atoms with Crippen molar-refractivity contribution in [2.45, 2.75) is 69.9 Å². The van der Waals surface area contributed by atoms with Crippen LogP contribution in [-0.2, 0) is 0 Å². The van der Waals surface area contributed by atoms with E-state index in [1.807, 2.05) is 36.4 Å². The van der Waals surface area contributed by atoms with Gasteiger partial charge < -0.3 is 29.9 Å². The zero-order chi connectivity index (χ0) is 31.1. The minimum absolute atomic E-state index is 0.0418. The predicted molar refractivity (Wildman–Crippen MR) is 175 cm³/mol. The number of aliphatic hydroxyl groups excluding tert-OH is 1. The summed E-state index contributed by atoms with van der Waals surface area (Å²) in [6.45, 7) is 1.34. The Morgan fingerprint density at radius 2 is 1.87 bits per heavy atom. The van der Waals surface area contributed by atoms with E-state index in [2.05, 4.69) is 22.6 Å². The number of hydrogen-bond acceptors (Lipinski definition) is 6. The number of pyridine rings is 1. The van der Waals surface area contributed by atoms with E-state index in [9.17, 15) is 14.7 Å². The van der Waals surface area contributed by atoms with E-state index in [0.29, 0.717) is 35.5 Å². The van der Waals surface area contributed by atoms with Crippen molar-refractivity contribution in [1.82, 2.24) is 14.8 Å². The topological polar surface area (TPSA) is 95.8 Å². The highest BCUT2D eigenvalue weighted by molar-refractivity contribution is 6.02. The number of ether oxygens (including phenoxy) is 1. The average molecular weight is 613 g/mol. The molecule has 0 radical (unpaired) electrons. The van der Waals surface area contributed by atoms with Crippen molar-refractivity contribution in [2.24, 2.45) is 5.92 Å². The summed E-state index contributed by atoms with van der Waals surface area (Å²) >= 11 is 0. The Hall–Kier alpha value is -3.95. The molecule has 3 aliphatic rings. The lowest BCUT2D eigenvalue weighted by Gasteiger charge is -2.30. The summed E-state index contributed by atoms with van der Waals surface area (Å²) in [4.78, 5) is 29.6. The van der Waals surface area contributed by atoms with Crippen molar-refractivity contribution in [2.75, 3.05) is 32.1 Å². The number of rotatable bonds is 9. The first kappa shape index (κ1) is 29.7. The second-order valence-electron chi connectivity index (χ2n) is 13.1. The zero-order valence-electron chi connectivity index (χ0n) is 25.8. The first-order valence-electron chi connectivity index (χ1n) is 16.4. The van der Waals surface area contributed by atoms with Gasteiger partial charge in [0.25, 0.3) is 5.91 Å². The molecule has 1 saturated carbocycles. The normalized spacial score (nSPS) is 19.0. The van der Waals surface area contributed by atoms with Gasteiger partial charge in [0.1, 0.15) is 16.8 Å². The fourth-order valence-electron chi connectivity index (χ4n) is 7.60. The molecule has 2 unspecified atom stereocenters. The molecule has 2 aliphatic heterocycles. The molecule has 8 nitrogen and oxygen atoms in total. The van der Waals surface area contributed by atoms with Crippen LogP contribution in [0.4, 0.5) is 10.1 Å². The van der Waals surface area contributed by atoms with E-state index in [1.165, 1.54) is 25.3 Å². The van der Waals surface area contributed by atoms with Crippen molar-refractivity contribution in [3.05, 3.63) is 70.3 Å². The molecule has 3 N–H and O–H groups in total. The van der Waals surface area contributed by atoms with E-state index in [1.54, 1.807) is 10.8 Å². The Morgan fingerprint density at radius 3 is 2.60 bits per heavy atom. The number of benzene rings is 3. The fraction of sp³-hybridized carbons (Fsp3) is 0.444. The summed E-state index contributed by atoms with van der Waals surface area (Å²) in [7, 11) is 2.09. The Balaban J connectivity index is 1.31. The van der Waals surface area contributed by atoms with Gasteiger partial charge in [0.05, 0.1) is 17.7 Å². The highest BCUT2D eigenvalue weighted by Crippen LogP contribution is 2.46. The molecular formula is C36H41FN4O4. The van der Waals surface area contributed by atoms with Gasteiger partial charge in [-0.15, -0.1) is 0 Å². The van der Waals surface area contributed by atoms with Gasteiger partial charge in [-0.2, -0.15) is 0 Å². The maximum atomic E-state index is 16.1. The number of anilines is 1. The fourth-order valence-corrected chi connectivity index (χ4v) is 7.60. The van der Waals surface area contributed by atoms with Crippen molar-refractivity contribution >= 4 is 33.3 Å². The number of carbonyl (C=O) groups excluding carboxylic acids is 1. The first-order chi connectivity index (χ1) is 21.9. The molecule has 236 valence electrons. The summed E-state index contributed by atoms with van der Waals surface area (Å²) in [6, 6.07) is 13.0. The number of nitrogens with zero attached hydrogens (tertiary/aromatic N) is 2. The molecular weight excluding hydrogens is 571 g/mol. The maximum absolute atomic E-state index is 16.1. The van der Waals surface area contributed by atoms with Gasteiger partial charge in [0.2, 0.25) is 5.43 Å². The van der Waals surface area contributed by atoms with Crippen LogP contribution in [0, 0.1) is 11.7 Å². The summed E-state index contributed by atoms with van der Waals surface area (Å²) in [6.07, 6.45) is 11.1. The number of carbonyl (C=O) groups is 1. The van der Waals surface area contributed by atoms with Gasteiger partial charge in [0.15, 0.2) is 17.3 Å². The molecule has 0 spiro atoms. The van der Waals surface area contributed by atoms with Gasteiger partial charge in [-0.25, -0.2) is 4.39 Å². The molecule has 0 bridgehead atoms. The quantitative estimate of drug-likeness (QED) is 0.180. The van der Waals surface area contributed by atoms with Gasteiger partial charge in [-0.05, 0) is 74.2 Å². The molecule has 2 fully saturated rings. The van der Waals surface area contributed by atoms with Crippen LogP contribution in [0.25, 0.3) is 27.4 Å².